The van der Waals surface area contributed by atoms with Gasteiger partial charge in [0.2, 0.25) is 0 Å². The van der Waals surface area contributed by atoms with E-state index in [0.29, 0.717) is 0 Å². The van der Waals surface area contributed by atoms with Crippen LogP contribution in [-0.2, 0) is 0 Å². The van der Waals surface area contributed by atoms with Gasteiger partial charge in [0.15, 0.2) is 0 Å². The van der Waals surface area contributed by atoms with Crippen molar-refractivity contribution in [2.45, 2.75) is 20.8 Å². The summed E-state index contributed by atoms with van der Waals surface area (Å²) in [5.41, 5.74) is 3.83. The molecule has 3 nitrogen and oxygen atoms in total. The van der Waals surface area contributed by atoms with Gasteiger partial charge in [0.05, 0.1) is 0 Å². The van der Waals surface area contributed by atoms with Gasteiger partial charge in [-0.05, 0) is 56.2 Å². The van der Waals surface area contributed by atoms with Crippen molar-refractivity contribution >= 4 is 0 Å². The molecule has 0 spiro atoms. The number of nitriles is 1. The molecule has 1 heterocycles. The first-order valence-corrected chi connectivity index (χ1v) is 5.75. The summed E-state index contributed by atoms with van der Waals surface area (Å²) in [6, 6.07) is 11.1. The zero-order chi connectivity index (χ0) is 13.3. The summed E-state index contributed by atoms with van der Waals surface area (Å²) >= 11 is 0. The minimum absolute atomic E-state index is 0.166. The summed E-state index contributed by atoms with van der Waals surface area (Å²) in [6.45, 7) is 5.89. The Balaban J connectivity index is 2.75. The van der Waals surface area contributed by atoms with Crippen molar-refractivity contribution in [1.29, 1.82) is 5.26 Å². The molecule has 3 heteroatoms. The molecular formula is C15H14N2O. The zero-order valence-corrected chi connectivity index (χ0v) is 10.7. The minimum Gasteiger partial charge on any atom is -0.280 e. The van der Waals surface area contributed by atoms with Crippen molar-refractivity contribution in [2.24, 2.45) is 0 Å². The van der Waals surface area contributed by atoms with Gasteiger partial charge in [-0.25, -0.2) is 0 Å². The lowest BCUT2D eigenvalue weighted by Crippen LogP contribution is -2.22. The van der Waals surface area contributed by atoms with Gasteiger partial charge in [-0.3, -0.25) is 9.36 Å². The SMILES string of the molecule is Cc1ccc(-n2c(C)ccc(C#N)c2=O)cc1C. The molecule has 90 valence electrons. The second-order valence-corrected chi connectivity index (χ2v) is 4.41. The molecule has 0 aliphatic heterocycles. The third kappa shape index (κ3) is 1.93. The van der Waals surface area contributed by atoms with E-state index >= 15 is 0 Å². The molecular weight excluding hydrogens is 224 g/mol. The van der Waals surface area contributed by atoms with Crippen LogP contribution in [0.2, 0.25) is 0 Å². The van der Waals surface area contributed by atoms with Gasteiger partial charge in [-0.15, -0.1) is 0 Å². The zero-order valence-electron chi connectivity index (χ0n) is 10.7. The highest BCUT2D eigenvalue weighted by molar-refractivity contribution is 5.42. The predicted octanol–water partition coefficient (Wildman–Crippen LogP) is 2.63. The summed E-state index contributed by atoms with van der Waals surface area (Å²) in [5.74, 6) is 0. The Kier molecular flexibility index (Phi) is 3.03. The van der Waals surface area contributed by atoms with Gasteiger partial charge in [0.1, 0.15) is 11.6 Å². The van der Waals surface area contributed by atoms with Crippen LogP contribution in [0.4, 0.5) is 0 Å². The molecule has 0 unspecified atom stereocenters. The lowest BCUT2D eigenvalue weighted by atomic mass is 10.1. The fourth-order valence-electron chi connectivity index (χ4n) is 1.90. The first-order chi connectivity index (χ1) is 8.54. The van der Waals surface area contributed by atoms with Crippen molar-refractivity contribution < 1.29 is 0 Å². The van der Waals surface area contributed by atoms with Crippen molar-refractivity contribution in [3.63, 3.8) is 0 Å². The monoisotopic (exact) mass is 238 g/mol. The number of benzene rings is 1. The third-order valence-electron chi connectivity index (χ3n) is 3.15. The molecule has 0 aliphatic rings. The Bertz CT molecular complexity index is 705. The first kappa shape index (κ1) is 12.1. The van der Waals surface area contributed by atoms with Crippen LogP contribution in [-0.4, -0.2) is 4.57 Å². The molecule has 0 bridgehead atoms. The maximum Gasteiger partial charge on any atom is 0.273 e. The molecule has 18 heavy (non-hydrogen) atoms. The van der Waals surface area contributed by atoms with Crippen LogP contribution in [0.5, 0.6) is 0 Å². The van der Waals surface area contributed by atoms with E-state index in [9.17, 15) is 4.79 Å². The van der Waals surface area contributed by atoms with Gasteiger partial charge in [-0.2, -0.15) is 5.26 Å². The molecule has 1 aromatic carbocycles. The Morgan fingerprint density at radius 1 is 1.06 bits per heavy atom. The van der Waals surface area contributed by atoms with Gasteiger partial charge in [0.25, 0.3) is 5.56 Å². The molecule has 0 fully saturated rings. The van der Waals surface area contributed by atoms with E-state index in [1.54, 1.807) is 16.7 Å². The van der Waals surface area contributed by atoms with E-state index in [4.69, 9.17) is 5.26 Å². The van der Waals surface area contributed by atoms with E-state index in [-0.39, 0.29) is 11.1 Å². The first-order valence-electron chi connectivity index (χ1n) is 5.75. The van der Waals surface area contributed by atoms with Crippen LogP contribution < -0.4 is 5.56 Å². The van der Waals surface area contributed by atoms with Crippen LogP contribution in [0.25, 0.3) is 5.69 Å². The smallest absolute Gasteiger partial charge is 0.273 e. The number of hydrogen-bond donors (Lipinski definition) is 0. The number of nitrogens with zero attached hydrogens (tertiary/aromatic N) is 2. The molecule has 2 aromatic rings. The van der Waals surface area contributed by atoms with E-state index in [0.717, 1.165) is 16.9 Å². The number of hydrogen-bond acceptors (Lipinski definition) is 2. The standard InChI is InChI=1S/C15H14N2O/c1-10-4-7-14(8-11(10)2)17-12(3)5-6-13(9-16)15(17)18/h4-8H,1-3H3. The van der Waals surface area contributed by atoms with Crippen LogP contribution >= 0.6 is 0 Å². The highest BCUT2D eigenvalue weighted by Gasteiger charge is 2.08. The van der Waals surface area contributed by atoms with Crippen LogP contribution in [0.15, 0.2) is 35.1 Å². The normalized spacial score (nSPS) is 10.1. The highest BCUT2D eigenvalue weighted by atomic mass is 16.1. The van der Waals surface area contributed by atoms with Crippen molar-refractivity contribution in [3.05, 3.63) is 63.1 Å². The molecule has 0 aliphatic carbocycles. The molecule has 0 radical (unpaired) electrons. The molecule has 0 saturated carbocycles. The van der Waals surface area contributed by atoms with Gasteiger partial charge < -0.3 is 0 Å². The average molecular weight is 238 g/mol. The molecule has 0 N–H and O–H groups in total. The second kappa shape index (κ2) is 4.50. The Morgan fingerprint density at radius 3 is 2.39 bits per heavy atom. The summed E-state index contributed by atoms with van der Waals surface area (Å²) in [4.78, 5) is 12.2. The second-order valence-electron chi connectivity index (χ2n) is 4.41. The molecule has 1 aromatic heterocycles. The van der Waals surface area contributed by atoms with E-state index in [1.807, 2.05) is 45.0 Å². The highest BCUT2D eigenvalue weighted by Crippen LogP contribution is 2.14. The average Bonchev–Trinajstić information content (AvgIpc) is 2.34. The van der Waals surface area contributed by atoms with Gasteiger partial charge in [0, 0.05) is 11.4 Å². The molecule has 0 atom stereocenters. The number of pyridine rings is 1. The minimum atomic E-state index is -0.263. The number of aromatic nitrogens is 1. The molecule has 0 saturated heterocycles. The Labute approximate surface area is 106 Å². The topological polar surface area (TPSA) is 45.8 Å². The van der Waals surface area contributed by atoms with Crippen LogP contribution in [0.3, 0.4) is 0 Å². The lowest BCUT2D eigenvalue weighted by Gasteiger charge is -2.11. The fourth-order valence-corrected chi connectivity index (χ4v) is 1.90. The quantitative estimate of drug-likeness (QED) is 0.766. The molecule has 0 amide bonds. The van der Waals surface area contributed by atoms with E-state index < -0.39 is 0 Å². The third-order valence-corrected chi connectivity index (χ3v) is 3.15. The summed E-state index contributed by atoms with van der Waals surface area (Å²) < 4.78 is 1.57. The maximum atomic E-state index is 12.2. The number of aryl methyl sites for hydroxylation is 3. The van der Waals surface area contributed by atoms with Crippen molar-refractivity contribution in [2.75, 3.05) is 0 Å². The van der Waals surface area contributed by atoms with E-state index in [1.165, 1.54) is 5.56 Å². The Morgan fingerprint density at radius 2 is 1.78 bits per heavy atom. The predicted molar refractivity (Wildman–Crippen MR) is 71.0 cm³/mol. The van der Waals surface area contributed by atoms with Crippen molar-refractivity contribution in [1.82, 2.24) is 4.57 Å². The lowest BCUT2D eigenvalue weighted by molar-refractivity contribution is 0.925. The summed E-state index contributed by atoms with van der Waals surface area (Å²) in [7, 11) is 0. The summed E-state index contributed by atoms with van der Waals surface area (Å²) in [6.07, 6.45) is 0. The Hall–Kier alpha value is -2.34. The fraction of sp³-hybridized carbons (Fsp3) is 0.200. The van der Waals surface area contributed by atoms with E-state index in [2.05, 4.69) is 0 Å². The summed E-state index contributed by atoms with van der Waals surface area (Å²) in [5, 5.41) is 8.92. The van der Waals surface area contributed by atoms with Crippen LogP contribution in [0, 0.1) is 32.1 Å². The van der Waals surface area contributed by atoms with Gasteiger partial charge >= 0.3 is 0 Å². The largest absolute Gasteiger partial charge is 0.280 e. The maximum absolute atomic E-state index is 12.2. The van der Waals surface area contributed by atoms with Crippen molar-refractivity contribution in [3.8, 4) is 11.8 Å². The van der Waals surface area contributed by atoms with Gasteiger partial charge in [-0.1, -0.05) is 6.07 Å². The van der Waals surface area contributed by atoms with Crippen LogP contribution in [0.1, 0.15) is 22.4 Å². The molecule has 2 rings (SSSR count). The number of rotatable bonds is 1.